The summed E-state index contributed by atoms with van der Waals surface area (Å²) in [6.07, 6.45) is 3.16. The van der Waals surface area contributed by atoms with Crippen LogP contribution in [0.1, 0.15) is 42.5 Å². The number of amides is 1. The molecular formula is C24H30N2O5S. The summed E-state index contributed by atoms with van der Waals surface area (Å²) in [5.74, 6) is 1.39. The summed E-state index contributed by atoms with van der Waals surface area (Å²) in [6.45, 7) is 3.55. The van der Waals surface area contributed by atoms with E-state index in [-0.39, 0.29) is 23.6 Å². The van der Waals surface area contributed by atoms with E-state index in [4.69, 9.17) is 9.47 Å². The minimum Gasteiger partial charge on any atom is -0.493 e. The van der Waals surface area contributed by atoms with E-state index in [1.165, 1.54) is 6.26 Å². The Hall–Kier alpha value is -2.58. The molecule has 7 nitrogen and oxygen atoms in total. The number of hydrogen-bond acceptors (Lipinski definition) is 6. The standard InChI is InChI=1S/C24H30N2O5S/c1-4-31-23-12-17(10-11-22(23)30-2)21(15-32(3,28)29)26-13-18-6-5-7-20(19(18)14-26)25-24(27)16-8-9-16/h5-7,10-12,16,21H,4,8-9,13-15H2,1-3H3,(H,25,27). The van der Waals surface area contributed by atoms with E-state index in [0.717, 1.165) is 35.2 Å². The number of hydrogen-bond donors (Lipinski definition) is 1. The molecule has 1 saturated carbocycles. The number of benzene rings is 2. The molecule has 1 fully saturated rings. The zero-order valence-corrected chi connectivity index (χ0v) is 19.6. The molecule has 1 aliphatic heterocycles. The third kappa shape index (κ3) is 5.07. The first kappa shape index (κ1) is 22.6. The van der Waals surface area contributed by atoms with Gasteiger partial charge in [0.2, 0.25) is 5.91 Å². The Bertz CT molecular complexity index is 1110. The first-order valence-corrected chi connectivity index (χ1v) is 13.0. The molecule has 1 atom stereocenters. The van der Waals surface area contributed by atoms with E-state index in [1.807, 2.05) is 43.3 Å². The fourth-order valence-corrected chi connectivity index (χ4v) is 5.21. The van der Waals surface area contributed by atoms with Gasteiger partial charge in [0, 0.05) is 37.0 Å². The molecule has 1 unspecified atom stereocenters. The lowest BCUT2D eigenvalue weighted by Crippen LogP contribution is -2.29. The van der Waals surface area contributed by atoms with Crippen LogP contribution >= 0.6 is 0 Å². The number of nitrogens with zero attached hydrogens (tertiary/aromatic N) is 1. The largest absolute Gasteiger partial charge is 0.493 e. The van der Waals surface area contributed by atoms with Crippen LogP contribution in [0.4, 0.5) is 5.69 Å². The summed E-state index contributed by atoms with van der Waals surface area (Å²) >= 11 is 0. The lowest BCUT2D eigenvalue weighted by molar-refractivity contribution is -0.117. The topological polar surface area (TPSA) is 84.9 Å². The third-order valence-corrected chi connectivity index (χ3v) is 6.91. The molecule has 4 rings (SSSR count). The van der Waals surface area contributed by atoms with Crippen molar-refractivity contribution in [1.82, 2.24) is 4.90 Å². The number of sulfone groups is 1. The Morgan fingerprint density at radius 2 is 1.97 bits per heavy atom. The van der Waals surface area contributed by atoms with Crippen LogP contribution < -0.4 is 14.8 Å². The smallest absolute Gasteiger partial charge is 0.227 e. The van der Waals surface area contributed by atoms with Gasteiger partial charge in [-0.15, -0.1) is 0 Å². The predicted octanol–water partition coefficient (Wildman–Crippen LogP) is 3.54. The molecular weight excluding hydrogens is 428 g/mol. The van der Waals surface area contributed by atoms with Crippen LogP contribution in [-0.4, -0.2) is 45.0 Å². The van der Waals surface area contributed by atoms with Gasteiger partial charge in [-0.3, -0.25) is 9.69 Å². The molecule has 172 valence electrons. The summed E-state index contributed by atoms with van der Waals surface area (Å²) in [5.41, 5.74) is 3.84. The Morgan fingerprint density at radius 1 is 1.19 bits per heavy atom. The molecule has 0 aromatic heterocycles. The average Bonchev–Trinajstić information content (AvgIpc) is 3.51. The van der Waals surface area contributed by atoms with Crippen LogP contribution in [0.2, 0.25) is 0 Å². The van der Waals surface area contributed by atoms with Gasteiger partial charge in [-0.05, 0) is 54.7 Å². The molecule has 2 aromatic carbocycles. The van der Waals surface area contributed by atoms with Crippen LogP contribution in [0.15, 0.2) is 36.4 Å². The van der Waals surface area contributed by atoms with Crippen LogP contribution in [0.5, 0.6) is 11.5 Å². The van der Waals surface area contributed by atoms with Gasteiger partial charge < -0.3 is 14.8 Å². The van der Waals surface area contributed by atoms with Crippen molar-refractivity contribution < 1.29 is 22.7 Å². The number of carbonyl (C=O) groups excluding carboxylic acids is 1. The highest BCUT2D eigenvalue weighted by atomic mass is 32.2. The van der Waals surface area contributed by atoms with Gasteiger partial charge in [0.25, 0.3) is 0 Å². The van der Waals surface area contributed by atoms with E-state index in [9.17, 15) is 13.2 Å². The minimum absolute atomic E-state index is 0.0113. The summed E-state index contributed by atoms with van der Waals surface area (Å²) in [7, 11) is -1.67. The van der Waals surface area contributed by atoms with E-state index >= 15 is 0 Å². The number of ether oxygens (including phenoxy) is 2. The lowest BCUT2D eigenvalue weighted by atomic mass is 10.1. The monoisotopic (exact) mass is 458 g/mol. The highest BCUT2D eigenvalue weighted by molar-refractivity contribution is 7.90. The molecule has 0 radical (unpaired) electrons. The second-order valence-corrected chi connectivity index (χ2v) is 10.7. The van der Waals surface area contributed by atoms with Crippen molar-refractivity contribution in [2.24, 2.45) is 5.92 Å². The predicted molar refractivity (Wildman–Crippen MR) is 124 cm³/mol. The van der Waals surface area contributed by atoms with Crippen molar-refractivity contribution in [3.8, 4) is 11.5 Å². The Labute approximate surface area is 189 Å². The highest BCUT2D eigenvalue weighted by Crippen LogP contribution is 2.39. The van der Waals surface area contributed by atoms with Crippen molar-refractivity contribution >= 4 is 21.4 Å². The number of rotatable bonds is 9. The highest BCUT2D eigenvalue weighted by Gasteiger charge is 2.33. The minimum atomic E-state index is -3.25. The van der Waals surface area contributed by atoms with E-state index in [1.54, 1.807) is 7.11 Å². The number of methoxy groups -OCH3 is 1. The summed E-state index contributed by atoms with van der Waals surface area (Å²) in [5, 5.41) is 3.07. The molecule has 2 aromatic rings. The Kier molecular flexibility index (Phi) is 6.44. The fourth-order valence-electron chi connectivity index (χ4n) is 4.23. The number of nitrogens with one attached hydrogen (secondary N) is 1. The molecule has 2 aliphatic rings. The van der Waals surface area contributed by atoms with Gasteiger partial charge in [-0.2, -0.15) is 0 Å². The second-order valence-electron chi connectivity index (χ2n) is 8.56. The quantitative estimate of drug-likeness (QED) is 0.619. The molecule has 8 heteroatoms. The summed E-state index contributed by atoms with van der Waals surface area (Å²) in [4.78, 5) is 14.5. The van der Waals surface area contributed by atoms with Crippen LogP contribution in [-0.2, 0) is 27.7 Å². The molecule has 0 saturated heterocycles. The van der Waals surface area contributed by atoms with Crippen LogP contribution in [0.25, 0.3) is 0 Å². The second kappa shape index (κ2) is 9.11. The summed E-state index contributed by atoms with van der Waals surface area (Å²) in [6, 6.07) is 11.1. The van der Waals surface area contributed by atoms with Gasteiger partial charge in [0.15, 0.2) is 11.5 Å². The average molecular weight is 459 g/mol. The Balaban J connectivity index is 1.64. The fraction of sp³-hybridized carbons (Fsp3) is 0.458. The first-order valence-electron chi connectivity index (χ1n) is 10.9. The van der Waals surface area contributed by atoms with Gasteiger partial charge in [-0.1, -0.05) is 18.2 Å². The maximum absolute atomic E-state index is 12.3. The van der Waals surface area contributed by atoms with Crippen molar-refractivity contribution in [3.05, 3.63) is 53.1 Å². The van der Waals surface area contributed by atoms with Crippen molar-refractivity contribution in [3.63, 3.8) is 0 Å². The molecule has 1 heterocycles. The van der Waals surface area contributed by atoms with Gasteiger partial charge in [-0.25, -0.2) is 8.42 Å². The van der Waals surface area contributed by atoms with Crippen molar-refractivity contribution in [2.75, 3.05) is 31.0 Å². The molecule has 1 aliphatic carbocycles. The number of carbonyl (C=O) groups is 1. The molecule has 1 amide bonds. The van der Waals surface area contributed by atoms with Crippen LogP contribution in [0, 0.1) is 5.92 Å². The van der Waals surface area contributed by atoms with Crippen LogP contribution in [0.3, 0.4) is 0 Å². The molecule has 0 bridgehead atoms. The number of anilines is 1. The Morgan fingerprint density at radius 3 is 2.62 bits per heavy atom. The van der Waals surface area contributed by atoms with Gasteiger partial charge >= 0.3 is 0 Å². The first-order chi connectivity index (χ1) is 15.3. The van der Waals surface area contributed by atoms with Gasteiger partial charge in [0.05, 0.1) is 19.5 Å². The van der Waals surface area contributed by atoms with Crippen molar-refractivity contribution in [2.45, 2.75) is 38.9 Å². The normalized spacial score (nSPS) is 17.0. The molecule has 32 heavy (non-hydrogen) atoms. The lowest BCUT2D eigenvalue weighted by Gasteiger charge is -2.28. The maximum atomic E-state index is 12.3. The zero-order chi connectivity index (χ0) is 22.9. The van der Waals surface area contributed by atoms with E-state index in [0.29, 0.717) is 31.2 Å². The third-order valence-electron chi connectivity index (χ3n) is 5.99. The number of fused-ring (bicyclic) bond motifs is 1. The van der Waals surface area contributed by atoms with Crippen molar-refractivity contribution in [1.29, 1.82) is 0 Å². The summed E-state index contributed by atoms with van der Waals surface area (Å²) < 4.78 is 35.8. The molecule has 1 N–H and O–H groups in total. The van der Waals surface area contributed by atoms with Gasteiger partial charge in [0.1, 0.15) is 9.84 Å². The molecule has 0 spiro atoms. The van der Waals surface area contributed by atoms with E-state index in [2.05, 4.69) is 10.2 Å². The maximum Gasteiger partial charge on any atom is 0.227 e. The zero-order valence-electron chi connectivity index (χ0n) is 18.8. The van der Waals surface area contributed by atoms with E-state index < -0.39 is 9.84 Å². The SMILES string of the molecule is CCOc1cc(C(CS(C)(=O)=O)N2Cc3cccc(NC(=O)C4CC4)c3C2)ccc1OC.